The zero-order valence-electron chi connectivity index (χ0n) is 15.1. The maximum absolute atomic E-state index is 12.3. The highest BCUT2D eigenvalue weighted by atomic mass is 31.2. The highest BCUT2D eigenvalue weighted by Crippen LogP contribution is 2.41. The van der Waals surface area contributed by atoms with Crippen LogP contribution in [0.4, 0.5) is 0 Å². The second-order valence-electron chi connectivity index (χ2n) is 6.28. The van der Waals surface area contributed by atoms with E-state index in [4.69, 9.17) is 15.5 Å². The molecule has 0 bridgehead atoms. The van der Waals surface area contributed by atoms with Gasteiger partial charge < -0.3 is 25.8 Å². The molecule has 0 unspecified atom stereocenters. The first-order valence-corrected chi connectivity index (χ1v) is 9.98. The van der Waals surface area contributed by atoms with Gasteiger partial charge in [0.25, 0.3) is 0 Å². The number of carboxylic acids is 1. The molecular weight excluding hydrogens is 403 g/mol. The van der Waals surface area contributed by atoms with E-state index in [0.717, 1.165) is 17.7 Å². The lowest BCUT2D eigenvalue weighted by Crippen LogP contribution is -2.50. The van der Waals surface area contributed by atoms with E-state index in [-0.39, 0.29) is 12.8 Å². The number of hydrogen-bond donors (Lipinski definition) is 6. The number of amides is 1. The Balaban J connectivity index is 2.01. The van der Waals surface area contributed by atoms with Gasteiger partial charge in [0.2, 0.25) is 5.91 Å². The third kappa shape index (κ3) is 7.20. The number of phenols is 1. The van der Waals surface area contributed by atoms with Crippen LogP contribution >= 0.6 is 7.82 Å². The number of nitrogens with one attached hydrogen (secondary N) is 1. The highest BCUT2D eigenvalue weighted by Gasteiger charge is 2.24. The zero-order valence-corrected chi connectivity index (χ0v) is 16.0. The molecule has 0 saturated carbocycles. The Morgan fingerprint density at radius 2 is 1.72 bits per heavy atom. The number of rotatable bonds is 9. The van der Waals surface area contributed by atoms with Crippen LogP contribution in [0, 0.1) is 0 Å². The molecule has 0 spiro atoms. The Kier molecular flexibility index (Phi) is 7.35. The molecule has 11 heteroatoms. The number of aromatic hydroxyl groups is 1. The van der Waals surface area contributed by atoms with Crippen LogP contribution in [0.15, 0.2) is 48.5 Å². The Morgan fingerprint density at radius 1 is 1.07 bits per heavy atom. The third-order valence-electron chi connectivity index (χ3n) is 3.93. The van der Waals surface area contributed by atoms with Crippen LogP contribution in [-0.4, -0.2) is 44.0 Å². The average Bonchev–Trinajstić information content (AvgIpc) is 2.63. The fraction of sp³-hybridized carbons (Fsp3) is 0.222. The zero-order chi connectivity index (χ0) is 21.6. The van der Waals surface area contributed by atoms with Gasteiger partial charge in [-0.1, -0.05) is 36.4 Å². The number of carbonyl (C=O) groups excluding carboxylic acids is 1. The summed E-state index contributed by atoms with van der Waals surface area (Å²) in [6, 6.07) is 10.2. The van der Waals surface area contributed by atoms with Crippen LogP contribution < -0.4 is 15.6 Å². The lowest BCUT2D eigenvalue weighted by molar-refractivity contribution is -0.141. The van der Waals surface area contributed by atoms with Crippen LogP contribution in [0.25, 0.3) is 0 Å². The third-order valence-corrected chi connectivity index (χ3v) is 4.36. The molecule has 10 nitrogen and oxygen atoms in total. The van der Waals surface area contributed by atoms with Crippen molar-refractivity contribution in [1.29, 1.82) is 0 Å². The van der Waals surface area contributed by atoms with Crippen molar-refractivity contribution in [1.82, 2.24) is 5.32 Å². The molecular formula is C18H21N2O8P. The number of nitrogens with two attached hydrogens (primary N) is 1. The summed E-state index contributed by atoms with van der Waals surface area (Å²) in [4.78, 5) is 41.3. The Hall–Kier alpha value is -2.91. The molecule has 0 aliphatic heterocycles. The minimum Gasteiger partial charge on any atom is -0.504 e. The van der Waals surface area contributed by atoms with E-state index in [1.807, 2.05) is 0 Å². The van der Waals surface area contributed by atoms with Crippen molar-refractivity contribution < 1.29 is 38.7 Å². The molecule has 7 N–H and O–H groups in total. The minimum absolute atomic E-state index is 0.0484. The van der Waals surface area contributed by atoms with Crippen molar-refractivity contribution in [2.24, 2.45) is 5.73 Å². The normalized spacial score (nSPS) is 13.3. The lowest BCUT2D eigenvalue weighted by atomic mass is 10.0. The summed E-state index contributed by atoms with van der Waals surface area (Å²) in [5, 5.41) is 21.5. The molecule has 2 rings (SSSR count). The van der Waals surface area contributed by atoms with Gasteiger partial charge in [0.15, 0.2) is 11.5 Å². The number of benzene rings is 2. The molecule has 156 valence electrons. The van der Waals surface area contributed by atoms with E-state index in [0.29, 0.717) is 5.56 Å². The van der Waals surface area contributed by atoms with Crippen molar-refractivity contribution in [2.75, 3.05) is 0 Å². The van der Waals surface area contributed by atoms with Crippen molar-refractivity contribution in [3.8, 4) is 11.5 Å². The van der Waals surface area contributed by atoms with Crippen molar-refractivity contribution in [3.05, 3.63) is 59.7 Å². The molecule has 2 aromatic rings. The fourth-order valence-corrected chi connectivity index (χ4v) is 2.98. The quantitative estimate of drug-likeness (QED) is 0.313. The van der Waals surface area contributed by atoms with E-state index in [1.54, 1.807) is 30.3 Å². The number of phosphoric ester groups is 1. The molecule has 0 aliphatic rings. The number of carboxylic acid groups (broad SMARTS) is 1. The second kappa shape index (κ2) is 9.53. The number of carbonyl (C=O) groups is 2. The summed E-state index contributed by atoms with van der Waals surface area (Å²) >= 11 is 0. The Labute approximate surface area is 166 Å². The van der Waals surface area contributed by atoms with Gasteiger partial charge in [0.1, 0.15) is 6.04 Å². The SMILES string of the molecule is N[C@@H](Cc1ccc(OP(=O)(O)O)c(O)c1)C(=O)N[C@@H](Cc1ccccc1)C(=O)O. The van der Waals surface area contributed by atoms with Crippen LogP contribution in [0.1, 0.15) is 11.1 Å². The van der Waals surface area contributed by atoms with Crippen LogP contribution in [-0.2, 0) is 27.0 Å². The Morgan fingerprint density at radius 3 is 2.28 bits per heavy atom. The second-order valence-corrected chi connectivity index (χ2v) is 7.45. The number of hydrogen-bond acceptors (Lipinski definition) is 6. The first kappa shape index (κ1) is 22.4. The first-order valence-electron chi connectivity index (χ1n) is 8.45. The molecule has 2 atom stereocenters. The largest absolute Gasteiger partial charge is 0.524 e. The summed E-state index contributed by atoms with van der Waals surface area (Å²) < 4.78 is 15.2. The molecule has 0 heterocycles. The van der Waals surface area contributed by atoms with Gasteiger partial charge in [-0.25, -0.2) is 9.36 Å². The van der Waals surface area contributed by atoms with Gasteiger partial charge in [-0.05, 0) is 29.7 Å². The van der Waals surface area contributed by atoms with E-state index in [9.17, 15) is 24.4 Å². The van der Waals surface area contributed by atoms with Crippen molar-refractivity contribution in [2.45, 2.75) is 24.9 Å². The number of phosphoric acid groups is 1. The maximum Gasteiger partial charge on any atom is 0.524 e. The summed E-state index contributed by atoms with van der Waals surface area (Å²) in [5.41, 5.74) is 6.96. The lowest BCUT2D eigenvalue weighted by Gasteiger charge is -2.18. The first-order chi connectivity index (χ1) is 13.5. The molecule has 2 aromatic carbocycles. The monoisotopic (exact) mass is 424 g/mol. The van der Waals surface area contributed by atoms with E-state index in [2.05, 4.69) is 9.84 Å². The molecule has 1 amide bonds. The topological polar surface area (TPSA) is 179 Å². The van der Waals surface area contributed by atoms with Crippen molar-refractivity contribution >= 4 is 19.7 Å². The summed E-state index contributed by atoms with van der Waals surface area (Å²) in [6.45, 7) is 0. The molecule has 0 aliphatic carbocycles. The van der Waals surface area contributed by atoms with Gasteiger partial charge in [0, 0.05) is 6.42 Å². The van der Waals surface area contributed by atoms with E-state index in [1.165, 1.54) is 6.07 Å². The minimum atomic E-state index is -4.83. The van der Waals surface area contributed by atoms with Gasteiger partial charge >= 0.3 is 13.8 Å². The predicted molar refractivity (Wildman–Crippen MR) is 102 cm³/mol. The van der Waals surface area contributed by atoms with Gasteiger partial charge in [-0.3, -0.25) is 14.6 Å². The summed E-state index contributed by atoms with van der Waals surface area (Å²) in [6.07, 6.45) is 0.0388. The molecule has 0 radical (unpaired) electrons. The number of phenolic OH excluding ortho intramolecular Hbond substituents is 1. The average molecular weight is 424 g/mol. The van der Waals surface area contributed by atoms with Gasteiger partial charge in [-0.15, -0.1) is 0 Å². The molecule has 29 heavy (non-hydrogen) atoms. The molecule has 0 aromatic heterocycles. The molecule has 0 fully saturated rings. The summed E-state index contributed by atoms with van der Waals surface area (Å²) in [7, 11) is -4.83. The fourth-order valence-electron chi connectivity index (χ4n) is 2.57. The summed E-state index contributed by atoms with van der Waals surface area (Å²) in [5.74, 6) is -2.85. The smallest absolute Gasteiger partial charge is 0.504 e. The Bertz CT molecular complexity index is 915. The predicted octanol–water partition coefficient (Wildman–Crippen LogP) is 0.546. The standard InChI is InChI=1S/C18H21N2O8P/c19-13(8-12-6-7-16(15(21)10-12)28-29(25,26)27)17(22)20-14(18(23)24)9-11-4-2-1-3-5-11/h1-7,10,13-14,21H,8-9,19H2,(H,20,22)(H,23,24)(H2,25,26,27)/t13-,14-/m0/s1. The van der Waals surface area contributed by atoms with Gasteiger partial charge in [0.05, 0.1) is 6.04 Å². The van der Waals surface area contributed by atoms with Gasteiger partial charge in [-0.2, -0.15) is 0 Å². The van der Waals surface area contributed by atoms with E-state index < -0.39 is 43.3 Å². The highest BCUT2D eigenvalue weighted by molar-refractivity contribution is 7.46. The number of aliphatic carboxylic acids is 1. The van der Waals surface area contributed by atoms with Crippen LogP contribution in [0.2, 0.25) is 0 Å². The van der Waals surface area contributed by atoms with E-state index >= 15 is 0 Å². The molecule has 0 saturated heterocycles. The van der Waals surface area contributed by atoms with Crippen LogP contribution in [0.3, 0.4) is 0 Å². The van der Waals surface area contributed by atoms with Crippen molar-refractivity contribution in [3.63, 3.8) is 0 Å². The maximum atomic E-state index is 12.3. The van der Waals surface area contributed by atoms with Crippen LogP contribution in [0.5, 0.6) is 11.5 Å².